The SMILES string of the molecule is C=C(NN(C)c1ccc(CN2C(=O)C(N)CC(F)(F)c3cc(F)c(-c4nnc(C(C)(C)C#N)o4)cc32)cc1)C(F)(F)F. The van der Waals surface area contributed by atoms with Gasteiger partial charge in [0.15, 0.2) is 0 Å². The van der Waals surface area contributed by atoms with E-state index in [2.05, 4.69) is 22.2 Å². The molecule has 1 unspecified atom stereocenters. The molecule has 4 rings (SSSR count). The molecule has 2 heterocycles. The summed E-state index contributed by atoms with van der Waals surface area (Å²) in [4.78, 5) is 14.2. The predicted molar refractivity (Wildman–Crippen MR) is 139 cm³/mol. The molecule has 0 aliphatic carbocycles. The first kappa shape index (κ1) is 30.4. The van der Waals surface area contributed by atoms with Crippen molar-refractivity contribution in [3.8, 4) is 17.5 Å². The Labute approximate surface area is 236 Å². The summed E-state index contributed by atoms with van der Waals surface area (Å²) < 4.78 is 89.6. The van der Waals surface area contributed by atoms with E-state index in [1.165, 1.54) is 45.2 Å². The summed E-state index contributed by atoms with van der Waals surface area (Å²) in [5.74, 6) is -6.19. The van der Waals surface area contributed by atoms with E-state index in [9.17, 15) is 23.2 Å². The monoisotopic (exact) mass is 593 g/mol. The molecule has 1 aliphatic heterocycles. The van der Waals surface area contributed by atoms with Crippen LogP contribution in [0.5, 0.6) is 0 Å². The fourth-order valence-corrected chi connectivity index (χ4v) is 4.17. The van der Waals surface area contributed by atoms with E-state index in [0.29, 0.717) is 17.3 Å². The number of allylic oxidation sites excluding steroid dienone is 1. The predicted octanol–water partition coefficient (Wildman–Crippen LogP) is 5.05. The third-order valence-electron chi connectivity index (χ3n) is 6.61. The summed E-state index contributed by atoms with van der Waals surface area (Å²) in [6, 6.07) is 7.73. The number of benzene rings is 2. The van der Waals surface area contributed by atoms with Crippen LogP contribution in [0, 0.1) is 17.1 Å². The maximum Gasteiger partial charge on any atom is 0.432 e. The van der Waals surface area contributed by atoms with Gasteiger partial charge in [0, 0.05) is 19.0 Å². The van der Waals surface area contributed by atoms with E-state index in [-0.39, 0.29) is 23.7 Å². The summed E-state index contributed by atoms with van der Waals surface area (Å²) in [6.45, 7) is 5.64. The van der Waals surface area contributed by atoms with Crippen LogP contribution < -0.4 is 21.1 Å². The molecule has 3 N–H and O–H groups in total. The van der Waals surface area contributed by atoms with Gasteiger partial charge in [-0.25, -0.2) is 13.2 Å². The number of fused-ring (bicyclic) bond motifs is 1. The number of hydrogen-bond donors (Lipinski definition) is 2. The van der Waals surface area contributed by atoms with Crippen LogP contribution in [0.15, 0.2) is 53.1 Å². The summed E-state index contributed by atoms with van der Waals surface area (Å²) >= 11 is 0. The third-order valence-corrected chi connectivity index (χ3v) is 6.61. The molecule has 0 spiro atoms. The van der Waals surface area contributed by atoms with Crippen molar-refractivity contribution >= 4 is 17.3 Å². The number of carbonyl (C=O) groups excluding carboxylic acids is 1. The van der Waals surface area contributed by atoms with Crippen LogP contribution in [0.4, 0.5) is 37.7 Å². The quantitative estimate of drug-likeness (QED) is 0.288. The van der Waals surface area contributed by atoms with Crippen LogP contribution in [0.2, 0.25) is 0 Å². The maximum absolute atomic E-state index is 15.2. The second-order valence-corrected chi connectivity index (χ2v) is 10.3. The number of rotatable bonds is 7. The first-order valence-electron chi connectivity index (χ1n) is 12.3. The van der Waals surface area contributed by atoms with Gasteiger partial charge < -0.3 is 15.1 Å². The molecule has 1 aromatic heterocycles. The summed E-state index contributed by atoms with van der Waals surface area (Å²) in [5.41, 5.74) is 4.71. The van der Waals surface area contributed by atoms with Gasteiger partial charge in [-0.1, -0.05) is 18.7 Å². The minimum Gasteiger partial charge on any atom is -0.419 e. The number of hydrogen-bond acceptors (Lipinski definition) is 8. The summed E-state index contributed by atoms with van der Waals surface area (Å²) in [5, 5.41) is 17.9. The molecular weight excluding hydrogens is 568 g/mol. The van der Waals surface area contributed by atoms with Crippen molar-refractivity contribution in [3.63, 3.8) is 0 Å². The Hall–Kier alpha value is -4.58. The molecule has 0 saturated carbocycles. The zero-order valence-electron chi connectivity index (χ0n) is 22.6. The Bertz CT molecular complexity index is 1560. The lowest BCUT2D eigenvalue weighted by atomic mass is 9.96. The molecule has 3 aromatic rings. The maximum atomic E-state index is 15.2. The van der Waals surface area contributed by atoms with Crippen LogP contribution in [-0.2, 0) is 22.7 Å². The molecule has 222 valence electrons. The standard InChI is InChI=1S/C27H25F6N7O2/c1-14(27(31,32)33)38-39(4)16-7-5-15(6-8-16)12-40-21-9-17(22-36-37-24(42-22)25(2,3)13-34)19(28)10-18(21)26(29,30)11-20(35)23(40)41/h5-10,20,38H,1,11-12,35H2,2-4H3. The van der Waals surface area contributed by atoms with Gasteiger partial charge in [-0.05, 0) is 43.7 Å². The number of nitrogens with two attached hydrogens (primary N) is 1. The molecule has 1 amide bonds. The molecule has 9 nitrogen and oxygen atoms in total. The minimum absolute atomic E-state index is 0.131. The summed E-state index contributed by atoms with van der Waals surface area (Å²) in [7, 11) is 1.33. The molecule has 0 bridgehead atoms. The van der Waals surface area contributed by atoms with Gasteiger partial charge in [-0.2, -0.15) is 18.4 Å². The highest BCUT2D eigenvalue weighted by Gasteiger charge is 2.45. The number of halogens is 6. The highest BCUT2D eigenvalue weighted by atomic mass is 19.4. The molecule has 2 aromatic carbocycles. The van der Waals surface area contributed by atoms with Gasteiger partial charge in [0.1, 0.15) is 16.9 Å². The molecule has 42 heavy (non-hydrogen) atoms. The second kappa shape index (κ2) is 10.7. The molecule has 0 radical (unpaired) electrons. The van der Waals surface area contributed by atoms with E-state index in [1.54, 1.807) is 0 Å². The third kappa shape index (κ3) is 5.89. The topological polar surface area (TPSA) is 124 Å². The zero-order chi connectivity index (χ0) is 31.2. The van der Waals surface area contributed by atoms with Gasteiger partial charge in [-0.15, -0.1) is 10.2 Å². The van der Waals surface area contributed by atoms with Crippen molar-refractivity contribution in [2.45, 2.75) is 50.4 Å². The average Bonchev–Trinajstić information content (AvgIpc) is 3.40. The number of nitrogens with one attached hydrogen (secondary N) is 1. The first-order chi connectivity index (χ1) is 19.4. The van der Waals surface area contributed by atoms with Gasteiger partial charge >= 0.3 is 6.18 Å². The van der Waals surface area contributed by atoms with Gasteiger partial charge in [0.25, 0.3) is 11.8 Å². The Balaban J connectivity index is 1.72. The molecule has 1 aliphatic rings. The largest absolute Gasteiger partial charge is 0.432 e. The molecular formula is C27H25F6N7O2. The van der Waals surface area contributed by atoms with Crippen LogP contribution in [0.3, 0.4) is 0 Å². The summed E-state index contributed by atoms with van der Waals surface area (Å²) in [6.07, 6.45) is -5.74. The van der Waals surface area contributed by atoms with Crippen molar-refractivity contribution in [1.82, 2.24) is 15.6 Å². The van der Waals surface area contributed by atoms with Crippen LogP contribution in [0.25, 0.3) is 11.5 Å². The van der Waals surface area contributed by atoms with Crippen LogP contribution in [0.1, 0.15) is 37.3 Å². The van der Waals surface area contributed by atoms with E-state index in [0.717, 1.165) is 16.0 Å². The zero-order valence-corrected chi connectivity index (χ0v) is 22.6. The lowest BCUT2D eigenvalue weighted by molar-refractivity contribution is -0.122. The lowest BCUT2D eigenvalue weighted by Gasteiger charge is -2.26. The van der Waals surface area contributed by atoms with E-state index < -0.39 is 58.9 Å². The van der Waals surface area contributed by atoms with Crippen LogP contribution >= 0.6 is 0 Å². The Kier molecular flexibility index (Phi) is 7.72. The Morgan fingerprint density at radius 2 is 1.90 bits per heavy atom. The van der Waals surface area contributed by atoms with Crippen molar-refractivity contribution in [1.29, 1.82) is 5.26 Å². The average molecular weight is 594 g/mol. The number of amides is 1. The van der Waals surface area contributed by atoms with Crippen molar-refractivity contribution in [3.05, 3.63) is 71.5 Å². The minimum atomic E-state index is -4.66. The van der Waals surface area contributed by atoms with Crippen LogP contribution in [-0.4, -0.2) is 35.4 Å². The number of aromatic nitrogens is 2. The second-order valence-electron chi connectivity index (χ2n) is 10.3. The smallest absolute Gasteiger partial charge is 0.419 e. The van der Waals surface area contributed by atoms with E-state index in [4.69, 9.17) is 10.2 Å². The number of anilines is 2. The first-order valence-corrected chi connectivity index (χ1v) is 12.3. The highest BCUT2D eigenvalue weighted by molar-refractivity contribution is 5.99. The molecule has 15 heteroatoms. The molecule has 0 fully saturated rings. The van der Waals surface area contributed by atoms with Crippen molar-refractivity contribution in [2.24, 2.45) is 5.73 Å². The number of nitrogens with zero attached hydrogens (tertiary/aromatic N) is 5. The Morgan fingerprint density at radius 1 is 1.26 bits per heavy atom. The highest BCUT2D eigenvalue weighted by Crippen LogP contribution is 2.45. The molecule has 1 atom stereocenters. The fraction of sp³-hybridized carbons (Fsp3) is 0.333. The van der Waals surface area contributed by atoms with Gasteiger partial charge in [0.2, 0.25) is 11.8 Å². The van der Waals surface area contributed by atoms with E-state index >= 15 is 13.2 Å². The number of alkyl halides is 5. The van der Waals surface area contributed by atoms with Crippen molar-refractivity contribution in [2.75, 3.05) is 17.0 Å². The Morgan fingerprint density at radius 3 is 2.50 bits per heavy atom. The number of carbonyl (C=O) groups is 1. The van der Waals surface area contributed by atoms with Gasteiger partial charge in [0.05, 0.1) is 35.6 Å². The normalized spacial score (nSPS) is 16.8. The number of nitriles is 1. The van der Waals surface area contributed by atoms with Crippen molar-refractivity contribution < 1.29 is 35.6 Å². The lowest BCUT2D eigenvalue weighted by Crippen LogP contribution is -2.43. The van der Waals surface area contributed by atoms with E-state index in [1.807, 2.05) is 6.07 Å². The number of hydrazine groups is 1. The van der Waals surface area contributed by atoms with Gasteiger partial charge in [-0.3, -0.25) is 15.2 Å². The fourth-order valence-electron chi connectivity index (χ4n) is 4.17. The molecule has 0 saturated heterocycles.